The van der Waals surface area contributed by atoms with Crippen LogP contribution >= 0.6 is 15.9 Å². The van der Waals surface area contributed by atoms with Gasteiger partial charge in [-0.2, -0.15) is 5.10 Å². The fraction of sp³-hybridized carbons (Fsp3) is 0.391. The Balaban J connectivity index is 1.51. The zero-order valence-corrected chi connectivity index (χ0v) is 19.2. The summed E-state index contributed by atoms with van der Waals surface area (Å²) in [7, 11) is 1.56. The Hall–Kier alpha value is -2.74. The molecule has 0 bridgehead atoms. The Morgan fingerprint density at radius 2 is 1.87 bits per heavy atom. The minimum absolute atomic E-state index is 0.357. The maximum Gasteiger partial charge on any atom is 0.332 e. The van der Waals surface area contributed by atoms with Crippen LogP contribution in [0.2, 0.25) is 0 Å². The van der Waals surface area contributed by atoms with E-state index in [-0.39, 0.29) is 0 Å². The molecule has 0 saturated heterocycles. The topological polar surface area (TPSA) is 95.2 Å². The average Bonchev–Trinajstić information content (AvgIpc) is 2.78. The van der Waals surface area contributed by atoms with Crippen molar-refractivity contribution in [3.05, 3.63) is 52.0 Å². The second kappa shape index (κ2) is 11.6. The molecular weight excluding hydrogens is 462 g/mol. The Labute approximate surface area is 191 Å². The Morgan fingerprint density at radius 1 is 1.16 bits per heavy atom. The van der Waals surface area contributed by atoms with Crippen LogP contribution in [-0.4, -0.2) is 32.6 Å². The molecule has 1 saturated carbocycles. The summed E-state index contributed by atoms with van der Waals surface area (Å²) in [5.41, 5.74) is 9.25. The summed E-state index contributed by atoms with van der Waals surface area (Å²) in [6.07, 6.45) is 8.06. The number of amides is 2. The minimum Gasteiger partial charge on any atom is -0.493 e. The van der Waals surface area contributed by atoms with Gasteiger partial charge in [0.05, 0.1) is 17.8 Å². The van der Waals surface area contributed by atoms with Gasteiger partial charge in [0.15, 0.2) is 11.5 Å². The molecule has 1 fully saturated rings. The quantitative estimate of drug-likeness (QED) is 0.295. The van der Waals surface area contributed by atoms with Crippen molar-refractivity contribution in [2.24, 2.45) is 10.8 Å². The van der Waals surface area contributed by atoms with Gasteiger partial charge in [0.1, 0.15) is 19.0 Å². The number of benzene rings is 2. The zero-order valence-electron chi connectivity index (χ0n) is 17.6. The number of methoxy groups -OCH3 is 1. The average molecular weight is 490 g/mol. The molecule has 0 radical (unpaired) electrons. The number of nitrogens with one attached hydrogen (secondary N) is 1. The number of hydrogen-bond acceptors (Lipinski definition) is 5. The molecule has 1 aliphatic rings. The van der Waals surface area contributed by atoms with Crippen LogP contribution in [0, 0.1) is 0 Å². The van der Waals surface area contributed by atoms with E-state index in [4.69, 9.17) is 19.9 Å². The fourth-order valence-corrected chi connectivity index (χ4v) is 4.27. The van der Waals surface area contributed by atoms with Crippen molar-refractivity contribution >= 4 is 28.2 Å². The lowest BCUT2D eigenvalue weighted by atomic mass is 9.84. The van der Waals surface area contributed by atoms with Crippen molar-refractivity contribution in [2.75, 3.05) is 20.3 Å². The van der Waals surface area contributed by atoms with Crippen molar-refractivity contribution in [1.29, 1.82) is 0 Å². The molecule has 166 valence electrons. The molecular formula is C23H28BrN3O4. The summed E-state index contributed by atoms with van der Waals surface area (Å²) in [6, 6.07) is 11.2. The van der Waals surface area contributed by atoms with Gasteiger partial charge >= 0.3 is 6.03 Å². The van der Waals surface area contributed by atoms with E-state index >= 15 is 0 Å². The van der Waals surface area contributed by atoms with E-state index in [0.717, 1.165) is 5.75 Å². The Kier molecular flexibility index (Phi) is 8.58. The van der Waals surface area contributed by atoms with Gasteiger partial charge in [-0.05, 0) is 70.1 Å². The van der Waals surface area contributed by atoms with Crippen LogP contribution in [0.25, 0.3) is 0 Å². The largest absolute Gasteiger partial charge is 0.493 e. The van der Waals surface area contributed by atoms with Gasteiger partial charge in [-0.1, -0.05) is 31.4 Å². The van der Waals surface area contributed by atoms with Crippen molar-refractivity contribution in [3.63, 3.8) is 0 Å². The Bertz CT molecular complexity index is 896. The number of carbonyl (C=O) groups excluding carboxylic acids is 1. The zero-order chi connectivity index (χ0) is 22.1. The molecule has 0 atom stereocenters. The van der Waals surface area contributed by atoms with Gasteiger partial charge in [0.25, 0.3) is 0 Å². The van der Waals surface area contributed by atoms with E-state index in [1.807, 2.05) is 12.1 Å². The number of nitrogens with two attached hydrogens (primary N) is 1. The van der Waals surface area contributed by atoms with Gasteiger partial charge in [-0.25, -0.2) is 10.2 Å². The summed E-state index contributed by atoms with van der Waals surface area (Å²) in [6.45, 7) is 0.764. The van der Waals surface area contributed by atoms with E-state index < -0.39 is 6.03 Å². The Morgan fingerprint density at radius 3 is 2.55 bits per heavy atom. The van der Waals surface area contributed by atoms with Crippen LogP contribution < -0.4 is 25.4 Å². The van der Waals surface area contributed by atoms with Crippen molar-refractivity contribution in [2.45, 2.75) is 38.0 Å². The lowest BCUT2D eigenvalue weighted by Crippen LogP contribution is -2.24. The lowest BCUT2D eigenvalue weighted by molar-refractivity contribution is 0.210. The number of urea groups is 1. The highest BCUT2D eigenvalue weighted by Gasteiger charge is 2.15. The molecule has 0 aliphatic heterocycles. The van der Waals surface area contributed by atoms with Crippen LogP contribution in [0.15, 0.2) is 46.0 Å². The van der Waals surface area contributed by atoms with Crippen molar-refractivity contribution < 1.29 is 19.0 Å². The lowest BCUT2D eigenvalue weighted by Gasteiger charge is -2.22. The first-order valence-electron chi connectivity index (χ1n) is 10.4. The molecule has 2 amide bonds. The predicted molar refractivity (Wildman–Crippen MR) is 124 cm³/mol. The van der Waals surface area contributed by atoms with Crippen molar-refractivity contribution in [1.82, 2.24) is 5.43 Å². The number of hydrazone groups is 1. The molecule has 8 heteroatoms. The third-order valence-corrected chi connectivity index (χ3v) is 5.78. The first-order valence-corrected chi connectivity index (χ1v) is 11.2. The molecule has 0 spiro atoms. The van der Waals surface area contributed by atoms with Gasteiger partial charge < -0.3 is 19.9 Å². The summed E-state index contributed by atoms with van der Waals surface area (Å²) in [5, 5.41) is 3.75. The standard InChI is InChI=1S/C23H28BrN3O4/c1-29-21-14-16(15-26-27-23(25)28)13-20(24)22(21)31-12-11-30-19-9-7-18(8-10-19)17-5-3-2-4-6-17/h7-10,13-15,17H,2-6,11-12H2,1H3,(H3,25,27,28)/b26-15-. The molecule has 31 heavy (non-hydrogen) atoms. The first kappa shape index (κ1) is 22.9. The molecule has 3 rings (SSSR count). The molecule has 2 aromatic rings. The van der Waals surface area contributed by atoms with Gasteiger partial charge in [0.2, 0.25) is 0 Å². The highest BCUT2D eigenvalue weighted by Crippen LogP contribution is 2.36. The summed E-state index contributed by atoms with van der Waals surface area (Å²) in [5.74, 6) is 2.63. The summed E-state index contributed by atoms with van der Waals surface area (Å²) in [4.78, 5) is 10.7. The molecule has 0 aromatic heterocycles. The monoisotopic (exact) mass is 489 g/mol. The number of hydrogen-bond donors (Lipinski definition) is 2. The van der Waals surface area contributed by atoms with E-state index in [2.05, 4.69) is 38.6 Å². The SMILES string of the molecule is COc1cc(/C=N\NC(N)=O)cc(Br)c1OCCOc1ccc(C2CCCCC2)cc1. The van der Waals surface area contributed by atoms with E-state index in [0.29, 0.717) is 40.7 Å². The third kappa shape index (κ3) is 6.89. The van der Waals surface area contributed by atoms with E-state index in [1.54, 1.807) is 19.2 Å². The molecule has 7 nitrogen and oxygen atoms in total. The molecule has 1 aliphatic carbocycles. The first-order chi connectivity index (χ1) is 15.1. The number of halogens is 1. The number of nitrogens with zero attached hydrogens (tertiary/aromatic N) is 1. The second-order valence-corrected chi connectivity index (χ2v) is 8.22. The van der Waals surface area contributed by atoms with Crippen LogP contribution in [0.5, 0.6) is 17.2 Å². The van der Waals surface area contributed by atoms with E-state index in [1.165, 1.54) is 43.9 Å². The van der Waals surface area contributed by atoms with Gasteiger partial charge in [0, 0.05) is 0 Å². The fourth-order valence-electron chi connectivity index (χ4n) is 3.70. The highest BCUT2D eigenvalue weighted by molar-refractivity contribution is 9.10. The van der Waals surface area contributed by atoms with Gasteiger partial charge in [-0.3, -0.25) is 0 Å². The van der Waals surface area contributed by atoms with Gasteiger partial charge in [-0.15, -0.1) is 0 Å². The van der Waals surface area contributed by atoms with E-state index in [9.17, 15) is 4.79 Å². The normalized spacial score (nSPS) is 14.4. The summed E-state index contributed by atoms with van der Waals surface area (Å²) >= 11 is 3.48. The molecule has 0 unspecified atom stereocenters. The minimum atomic E-state index is -0.731. The van der Waals surface area contributed by atoms with Crippen LogP contribution in [0.1, 0.15) is 49.1 Å². The van der Waals surface area contributed by atoms with Crippen LogP contribution in [0.3, 0.4) is 0 Å². The van der Waals surface area contributed by atoms with Crippen LogP contribution in [0.4, 0.5) is 4.79 Å². The number of carbonyl (C=O) groups is 1. The van der Waals surface area contributed by atoms with Crippen LogP contribution in [-0.2, 0) is 0 Å². The summed E-state index contributed by atoms with van der Waals surface area (Å²) < 4.78 is 17.8. The maximum absolute atomic E-state index is 10.7. The third-order valence-electron chi connectivity index (χ3n) is 5.20. The van der Waals surface area contributed by atoms with Crippen molar-refractivity contribution in [3.8, 4) is 17.2 Å². The molecule has 0 heterocycles. The second-order valence-electron chi connectivity index (χ2n) is 7.37. The smallest absolute Gasteiger partial charge is 0.332 e. The molecule has 2 aromatic carbocycles. The maximum atomic E-state index is 10.7. The molecule has 3 N–H and O–H groups in total. The number of rotatable bonds is 9. The highest BCUT2D eigenvalue weighted by atomic mass is 79.9. The predicted octanol–water partition coefficient (Wildman–Crippen LogP) is 4.97. The number of ether oxygens (including phenoxy) is 3. The number of primary amides is 1.